The minimum Gasteiger partial charge on any atom is -0.481 e. The minimum absolute atomic E-state index is 0.263. The lowest BCUT2D eigenvalue weighted by atomic mass is 9.96. The Morgan fingerprint density at radius 2 is 0.812 bits per heavy atom. The summed E-state index contributed by atoms with van der Waals surface area (Å²) in [5.41, 5.74) is 6.36. The summed E-state index contributed by atoms with van der Waals surface area (Å²) in [5, 5.41) is 84.5. The maximum atomic E-state index is 10.3. The molecule has 24 heteroatoms. The van der Waals surface area contributed by atoms with Crippen LogP contribution in [0.15, 0.2) is 25.0 Å². The zero-order chi connectivity index (χ0) is 37.8. The number of carboxylic acids is 8. The van der Waals surface area contributed by atoms with Crippen molar-refractivity contribution in [3.05, 3.63) is 36.4 Å². The van der Waals surface area contributed by atoms with Gasteiger partial charge in [-0.15, -0.1) is 0 Å². The quantitative estimate of drug-likeness (QED) is 0.0801. The Hall–Kier alpha value is -5.98. The lowest BCUT2D eigenvalue weighted by Crippen LogP contribution is -2.42. The molecule has 2 heterocycles. The molecule has 268 valence electrons. The van der Waals surface area contributed by atoms with E-state index in [2.05, 4.69) is 19.9 Å². The Morgan fingerprint density at radius 3 is 0.958 bits per heavy atom. The average Bonchev–Trinajstić information content (AvgIpc) is 3.62. The van der Waals surface area contributed by atoms with Gasteiger partial charge >= 0.3 is 47.8 Å². The molecule has 0 bridgehead atoms. The molecule has 2 rings (SSSR count). The van der Waals surface area contributed by atoms with Crippen LogP contribution in [0.25, 0.3) is 0 Å². The van der Waals surface area contributed by atoms with Crippen LogP contribution in [0, 0.1) is 0 Å². The maximum absolute atomic E-state index is 10.3. The highest BCUT2D eigenvalue weighted by molar-refractivity contribution is 5.88. The molecule has 2 unspecified atom stereocenters. The highest BCUT2D eigenvalue weighted by Crippen LogP contribution is 2.16. The van der Waals surface area contributed by atoms with E-state index >= 15 is 0 Å². The third-order valence-corrected chi connectivity index (χ3v) is 5.17. The van der Waals surface area contributed by atoms with Gasteiger partial charge in [0.2, 0.25) is 0 Å². The number of rotatable bonds is 16. The van der Waals surface area contributed by atoms with Crippen LogP contribution in [-0.2, 0) is 51.2 Å². The third-order valence-electron chi connectivity index (χ3n) is 5.17. The summed E-state index contributed by atoms with van der Waals surface area (Å²) in [6.45, 7) is 0. The van der Waals surface area contributed by atoms with Crippen molar-refractivity contribution in [3.8, 4) is 0 Å². The van der Waals surface area contributed by atoms with E-state index in [1.54, 1.807) is 12.4 Å². The monoisotopic (exact) mass is 694 g/mol. The van der Waals surface area contributed by atoms with E-state index in [1.807, 2.05) is 0 Å². The van der Waals surface area contributed by atoms with Crippen molar-refractivity contribution in [3.63, 3.8) is 0 Å². The van der Waals surface area contributed by atoms with Crippen molar-refractivity contribution in [1.29, 1.82) is 0 Å². The fourth-order valence-electron chi connectivity index (χ4n) is 2.86. The van der Waals surface area contributed by atoms with Crippen LogP contribution in [0.3, 0.4) is 0 Å². The summed E-state index contributed by atoms with van der Waals surface area (Å²) in [6, 6.07) is -1.73. The molecule has 0 aliphatic heterocycles. The number of nitrogens with zero attached hydrogens (tertiary/aromatic N) is 2. The molecule has 48 heavy (non-hydrogen) atoms. The highest BCUT2D eigenvalue weighted by Gasteiger charge is 2.41. The largest absolute Gasteiger partial charge is 0.481 e. The van der Waals surface area contributed by atoms with Gasteiger partial charge in [-0.1, -0.05) is 0 Å². The molecule has 0 fully saturated rings. The Bertz CT molecular complexity index is 1240. The fourth-order valence-corrected chi connectivity index (χ4v) is 2.86. The molecule has 2 aromatic heterocycles. The van der Waals surface area contributed by atoms with Gasteiger partial charge in [-0.05, 0) is 0 Å². The number of imidazole rings is 2. The van der Waals surface area contributed by atoms with Crippen LogP contribution < -0.4 is 11.5 Å². The van der Waals surface area contributed by atoms with Crippen LogP contribution in [0.5, 0.6) is 0 Å². The molecule has 0 amide bonds. The van der Waals surface area contributed by atoms with Gasteiger partial charge < -0.3 is 72.5 Å². The number of carbonyl (C=O) groups is 8. The average molecular weight is 695 g/mol. The van der Waals surface area contributed by atoms with Gasteiger partial charge in [0.05, 0.1) is 49.7 Å². The van der Waals surface area contributed by atoms with Crippen LogP contribution in [0.1, 0.15) is 37.1 Å². The van der Waals surface area contributed by atoms with Gasteiger partial charge in [0.15, 0.2) is 11.2 Å². The van der Waals surface area contributed by atoms with Gasteiger partial charge in [-0.3, -0.25) is 28.8 Å². The van der Waals surface area contributed by atoms with Crippen LogP contribution in [-0.4, -0.2) is 142 Å². The predicted octanol–water partition coefficient (Wildman–Crippen LogP) is -3.77. The second-order valence-electron chi connectivity index (χ2n) is 9.37. The number of aromatic amines is 2. The first-order valence-corrected chi connectivity index (χ1v) is 12.7. The Labute approximate surface area is 267 Å². The number of carboxylic acid groups (broad SMARTS) is 8. The van der Waals surface area contributed by atoms with E-state index in [0.29, 0.717) is 11.4 Å². The van der Waals surface area contributed by atoms with E-state index in [-0.39, 0.29) is 12.8 Å². The zero-order valence-corrected chi connectivity index (χ0v) is 24.5. The summed E-state index contributed by atoms with van der Waals surface area (Å²) in [6.07, 6.45) is 2.18. The predicted molar refractivity (Wildman–Crippen MR) is 150 cm³/mol. The first-order chi connectivity index (χ1) is 21.9. The second kappa shape index (κ2) is 20.9. The molecular weight excluding hydrogens is 660 g/mol. The van der Waals surface area contributed by atoms with Gasteiger partial charge in [0.25, 0.3) is 0 Å². The van der Waals surface area contributed by atoms with Gasteiger partial charge in [0, 0.05) is 25.2 Å². The lowest BCUT2D eigenvalue weighted by Gasteiger charge is -2.18. The Balaban J connectivity index is 0. The van der Waals surface area contributed by atoms with Crippen molar-refractivity contribution < 1.29 is 89.4 Å². The minimum atomic E-state index is -2.74. The normalized spacial score (nSPS) is 11.8. The molecule has 0 spiro atoms. The number of aliphatic carboxylic acids is 8. The molecule has 2 atom stereocenters. The summed E-state index contributed by atoms with van der Waals surface area (Å²) in [4.78, 5) is 94.6. The molecule has 2 aromatic rings. The van der Waals surface area contributed by atoms with E-state index in [9.17, 15) is 38.4 Å². The number of aromatic nitrogens is 4. The summed E-state index contributed by atoms with van der Waals surface area (Å²) in [5.74, 6) is -12.1. The molecule has 0 aromatic carbocycles. The number of H-pyrrole nitrogens is 2. The lowest BCUT2D eigenvalue weighted by molar-refractivity contribution is -0.170. The smallest absolute Gasteiger partial charge is 0.336 e. The molecule has 16 N–H and O–H groups in total. The van der Waals surface area contributed by atoms with Gasteiger partial charge in [-0.2, -0.15) is 0 Å². The Morgan fingerprint density at radius 1 is 0.562 bits per heavy atom. The van der Waals surface area contributed by atoms with Crippen LogP contribution in [0.2, 0.25) is 0 Å². The van der Waals surface area contributed by atoms with Crippen molar-refractivity contribution in [1.82, 2.24) is 19.9 Å². The number of nitrogens with two attached hydrogens (primary N) is 2. The van der Waals surface area contributed by atoms with E-state index in [1.165, 1.54) is 12.7 Å². The topological polar surface area (TPSA) is 448 Å². The first-order valence-electron chi connectivity index (χ1n) is 12.7. The second-order valence-corrected chi connectivity index (χ2v) is 9.37. The zero-order valence-electron chi connectivity index (χ0n) is 24.5. The molecule has 24 nitrogen and oxygen atoms in total. The molecular formula is C24H34N6O18. The number of aliphatic hydroxyl groups is 2. The van der Waals surface area contributed by atoms with Crippen molar-refractivity contribution in [2.24, 2.45) is 11.5 Å². The van der Waals surface area contributed by atoms with E-state index < -0.39 is 96.7 Å². The summed E-state index contributed by atoms with van der Waals surface area (Å²) < 4.78 is 0. The Kier molecular flexibility index (Phi) is 19.3. The van der Waals surface area contributed by atoms with E-state index in [0.717, 1.165) is 0 Å². The molecule has 0 aliphatic rings. The van der Waals surface area contributed by atoms with Crippen molar-refractivity contribution >= 4 is 47.8 Å². The molecule has 0 radical (unpaired) electrons. The van der Waals surface area contributed by atoms with Crippen molar-refractivity contribution in [2.45, 2.75) is 61.8 Å². The number of nitrogens with one attached hydrogen (secondary N) is 2. The number of hydrogen-bond donors (Lipinski definition) is 14. The maximum Gasteiger partial charge on any atom is 0.336 e. The molecule has 0 aliphatic carbocycles. The van der Waals surface area contributed by atoms with Crippen LogP contribution in [0.4, 0.5) is 0 Å². The third kappa shape index (κ3) is 19.4. The first kappa shape index (κ1) is 44.1. The van der Waals surface area contributed by atoms with Crippen molar-refractivity contribution in [2.75, 3.05) is 0 Å². The highest BCUT2D eigenvalue weighted by atomic mass is 16.4. The van der Waals surface area contributed by atoms with E-state index in [4.69, 9.17) is 62.5 Å². The number of hydrogen-bond acceptors (Lipinski definition) is 14. The summed E-state index contributed by atoms with van der Waals surface area (Å²) >= 11 is 0. The molecule has 0 saturated heterocycles. The van der Waals surface area contributed by atoms with Gasteiger partial charge in [0.1, 0.15) is 12.1 Å². The van der Waals surface area contributed by atoms with Gasteiger partial charge in [-0.25, -0.2) is 19.6 Å². The fraction of sp³-hybridized carbons (Fsp3) is 0.417. The van der Waals surface area contributed by atoms with Crippen LogP contribution >= 0.6 is 0 Å². The standard InChI is InChI=1S/2C6H9N3O2.2C6H8O7/c2*7-5(6(10)11)1-4-2-8-3-9-4;2*7-3(8)1-6(13,5(11)12)2-4(9)10/h2*2-3,5H,1,7H2,(H,8,9)(H,10,11);2*13H,1-2H2,(H,7,8)(H,9,10)(H,11,12). The molecule has 0 saturated carbocycles. The SMILES string of the molecule is NC(Cc1c[nH]cn1)C(=O)O.NC(Cc1c[nH]cn1)C(=O)O.O=C(O)CC(O)(CC(=O)O)C(=O)O.O=C(O)CC(O)(CC(=O)O)C(=O)O. The summed E-state index contributed by atoms with van der Waals surface area (Å²) in [7, 11) is 0.